The van der Waals surface area contributed by atoms with Crippen molar-refractivity contribution < 1.29 is 23.9 Å². The second kappa shape index (κ2) is 11.0. The number of hydrogen-bond acceptors (Lipinski definition) is 6. The van der Waals surface area contributed by atoms with Gasteiger partial charge in [0, 0.05) is 23.8 Å². The summed E-state index contributed by atoms with van der Waals surface area (Å²) in [5, 5.41) is 2.82. The maximum Gasteiger partial charge on any atom is 0.294 e. The van der Waals surface area contributed by atoms with E-state index in [-0.39, 0.29) is 29.9 Å². The minimum atomic E-state index is -0.491. The second-order valence-corrected chi connectivity index (χ2v) is 9.63. The summed E-state index contributed by atoms with van der Waals surface area (Å²) in [5.41, 5.74) is 2.11. The molecule has 0 aliphatic carbocycles. The van der Waals surface area contributed by atoms with Gasteiger partial charge < -0.3 is 15.0 Å². The van der Waals surface area contributed by atoms with E-state index < -0.39 is 11.1 Å². The molecule has 0 bridgehead atoms. The van der Waals surface area contributed by atoms with E-state index in [2.05, 4.69) is 5.32 Å². The number of halogens is 1. The lowest BCUT2D eigenvalue weighted by molar-refractivity contribution is -0.135. The van der Waals surface area contributed by atoms with E-state index in [4.69, 9.17) is 16.3 Å². The van der Waals surface area contributed by atoms with E-state index in [0.717, 1.165) is 35.1 Å². The summed E-state index contributed by atoms with van der Waals surface area (Å²) in [6.07, 6.45) is 3.45. The van der Waals surface area contributed by atoms with Gasteiger partial charge in [-0.3, -0.25) is 24.1 Å². The lowest BCUT2D eigenvalue weighted by atomic mass is 10.2. The highest BCUT2D eigenvalue weighted by molar-refractivity contribution is 8.18. The molecule has 35 heavy (non-hydrogen) atoms. The zero-order chi connectivity index (χ0) is 24.9. The average Bonchev–Trinajstić information content (AvgIpc) is 3.46. The van der Waals surface area contributed by atoms with Crippen molar-refractivity contribution in [1.29, 1.82) is 0 Å². The highest BCUT2D eigenvalue weighted by Crippen LogP contribution is 2.32. The van der Waals surface area contributed by atoms with E-state index in [1.54, 1.807) is 47.4 Å². The van der Waals surface area contributed by atoms with Crippen LogP contribution in [0, 0.1) is 6.92 Å². The Kier molecular flexibility index (Phi) is 7.77. The molecule has 182 valence electrons. The van der Waals surface area contributed by atoms with E-state index >= 15 is 0 Å². The number of aryl methyl sites for hydroxylation is 1. The first-order chi connectivity index (χ1) is 16.8. The topological polar surface area (TPSA) is 96.0 Å². The molecule has 2 fully saturated rings. The monoisotopic (exact) mass is 513 g/mol. The smallest absolute Gasteiger partial charge is 0.294 e. The lowest BCUT2D eigenvalue weighted by Gasteiger charge is -2.18. The lowest BCUT2D eigenvalue weighted by Crippen LogP contribution is -2.40. The zero-order valence-electron chi connectivity index (χ0n) is 19.1. The molecule has 0 saturated carbocycles. The zero-order valence-corrected chi connectivity index (χ0v) is 20.7. The second-order valence-electron chi connectivity index (χ2n) is 8.23. The molecule has 0 aromatic heterocycles. The fourth-order valence-electron chi connectivity index (χ4n) is 3.70. The molecular weight excluding hydrogens is 490 g/mol. The van der Waals surface area contributed by atoms with E-state index in [1.807, 2.05) is 13.0 Å². The van der Waals surface area contributed by atoms with Crippen LogP contribution in [0.25, 0.3) is 6.08 Å². The van der Waals surface area contributed by atoms with Crippen molar-refractivity contribution in [3.05, 3.63) is 63.5 Å². The number of imide groups is 1. The number of nitrogens with zero attached hydrogens (tertiary/aromatic N) is 2. The number of carbonyl (C=O) groups excluding carboxylic acids is 4. The third-order valence-electron chi connectivity index (χ3n) is 5.61. The minimum absolute atomic E-state index is 0.215. The number of amides is 4. The van der Waals surface area contributed by atoms with Crippen LogP contribution in [0.15, 0.2) is 47.4 Å². The molecule has 2 aromatic carbocycles. The summed E-state index contributed by atoms with van der Waals surface area (Å²) in [6, 6.07) is 12.1. The summed E-state index contributed by atoms with van der Waals surface area (Å²) in [6.45, 7) is 2.73. The van der Waals surface area contributed by atoms with Crippen LogP contribution in [0.4, 0.5) is 10.5 Å². The Labute approximate surface area is 212 Å². The molecule has 2 aliphatic rings. The van der Waals surface area contributed by atoms with Gasteiger partial charge in [-0.25, -0.2) is 0 Å². The Bertz CT molecular complexity index is 1210. The van der Waals surface area contributed by atoms with Crippen molar-refractivity contribution in [3.63, 3.8) is 0 Å². The molecular formula is C25H24ClN3O5S. The van der Waals surface area contributed by atoms with Gasteiger partial charge in [-0.05, 0) is 73.0 Å². The minimum Gasteiger partial charge on any atom is -0.484 e. The molecule has 0 atom stereocenters. The van der Waals surface area contributed by atoms with Gasteiger partial charge >= 0.3 is 0 Å². The van der Waals surface area contributed by atoms with Crippen LogP contribution in [-0.2, 0) is 14.4 Å². The maximum absolute atomic E-state index is 12.7. The van der Waals surface area contributed by atoms with Gasteiger partial charge in [0.05, 0.1) is 4.91 Å². The molecule has 2 heterocycles. The summed E-state index contributed by atoms with van der Waals surface area (Å²) in [5.74, 6) is -0.624. The highest BCUT2D eigenvalue weighted by Gasteiger charge is 2.37. The fourth-order valence-corrected chi connectivity index (χ4v) is 4.72. The van der Waals surface area contributed by atoms with Gasteiger partial charge in [-0.15, -0.1) is 0 Å². The number of hydrogen-bond donors (Lipinski definition) is 1. The number of carbonyl (C=O) groups is 4. The Morgan fingerprint density at radius 2 is 1.91 bits per heavy atom. The SMILES string of the molecule is Cc1ccc(NC(=O)COc2cccc(/C=C3\SC(=O)N(CC(=O)N4CCCC4)C3=O)c2)cc1Cl. The van der Waals surface area contributed by atoms with Crippen LogP contribution in [0.3, 0.4) is 0 Å². The maximum atomic E-state index is 12.7. The van der Waals surface area contributed by atoms with Crippen LogP contribution >= 0.6 is 23.4 Å². The normalized spacial score (nSPS) is 16.8. The number of rotatable bonds is 7. The van der Waals surface area contributed by atoms with Crippen LogP contribution in [0.5, 0.6) is 5.75 Å². The Hall–Kier alpha value is -3.30. The van der Waals surface area contributed by atoms with Gasteiger partial charge in [-0.1, -0.05) is 29.8 Å². The van der Waals surface area contributed by atoms with E-state index in [0.29, 0.717) is 35.1 Å². The third kappa shape index (κ3) is 6.23. The van der Waals surface area contributed by atoms with Gasteiger partial charge in [-0.2, -0.15) is 0 Å². The number of anilines is 1. The first-order valence-electron chi connectivity index (χ1n) is 11.1. The first-order valence-corrected chi connectivity index (χ1v) is 12.3. The van der Waals surface area contributed by atoms with Gasteiger partial charge in [0.2, 0.25) is 5.91 Å². The number of nitrogens with one attached hydrogen (secondary N) is 1. The van der Waals surface area contributed by atoms with Crippen LogP contribution in [-0.4, -0.2) is 59.0 Å². The summed E-state index contributed by atoms with van der Waals surface area (Å²) in [7, 11) is 0. The van der Waals surface area contributed by atoms with Crippen LogP contribution in [0.1, 0.15) is 24.0 Å². The van der Waals surface area contributed by atoms with Crippen molar-refractivity contribution in [2.75, 3.05) is 31.6 Å². The molecule has 0 spiro atoms. The number of thioether (sulfide) groups is 1. The molecule has 10 heteroatoms. The summed E-state index contributed by atoms with van der Waals surface area (Å²) < 4.78 is 5.58. The number of likely N-dealkylation sites (tertiary alicyclic amines) is 1. The molecule has 1 N–H and O–H groups in total. The van der Waals surface area contributed by atoms with E-state index in [1.165, 1.54) is 0 Å². The van der Waals surface area contributed by atoms with Crippen molar-refractivity contribution in [1.82, 2.24) is 9.80 Å². The molecule has 4 amide bonds. The van der Waals surface area contributed by atoms with Crippen LogP contribution in [0.2, 0.25) is 5.02 Å². The fraction of sp³-hybridized carbons (Fsp3) is 0.280. The Morgan fingerprint density at radius 3 is 2.66 bits per heavy atom. The molecule has 2 aromatic rings. The molecule has 0 unspecified atom stereocenters. The molecule has 4 rings (SSSR count). The van der Waals surface area contributed by atoms with Crippen molar-refractivity contribution in [2.24, 2.45) is 0 Å². The standard InChI is InChI=1S/C25H24ClN3O5S/c1-16-7-8-18(13-20(16)26)27-22(30)15-34-19-6-4-5-17(11-19)12-21-24(32)29(25(33)35-21)14-23(31)28-9-2-3-10-28/h4-8,11-13H,2-3,9-10,14-15H2,1H3,(H,27,30)/b21-12-. The highest BCUT2D eigenvalue weighted by atomic mass is 35.5. The number of ether oxygens (including phenoxy) is 1. The van der Waals surface area contributed by atoms with Gasteiger partial charge in [0.25, 0.3) is 17.1 Å². The average molecular weight is 514 g/mol. The predicted octanol–water partition coefficient (Wildman–Crippen LogP) is 4.32. The molecule has 2 aliphatic heterocycles. The summed E-state index contributed by atoms with van der Waals surface area (Å²) >= 11 is 6.88. The van der Waals surface area contributed by atoms with E-state index in [9.17, 15) is 19.2 Å². The van der Waals surface area contributed by atoms with Crippen molar-refractivity contribution in [3.8, 4) is 5.75 Å². The Morgan fingerprint density at radius 1 is 1.14 bits per heavy atom. The first kappa shape index (κ1) is 24.8. The quantitative estimate of drug-likeness (QED) is 0.554. The third-order valence-corrected chi connectivity index (χ3v) is 6.92. The van der Waals surface area contributed by atoms with Crippen LogP contribution < -0.4 is 10.1 Å². The molecule has 8 nitrogen and oxygen atoms in total. The Balaban J connectivity index is 1.35. The number of benzene rings is 2. The summed E-state index contributed by atoms with van der Waals surface area (Å²) in [4.78, 5) is 52.6. The van der Waals surface area contributed by atoms with Gasteiger partial charge in [0.15, 0.2) is 6.61 Å². The van der Waals surface area contributed by atoms with Crippen molar-refractivity contribution >= 4 is 58.1 Å². The molecule has 2 saturated heterocycles. The largest absolute Gasteiger partial charge is 0.484 e. The molecule has 0 radical (unpaired) electrons. The predicted molar refractivity (Wildman–Crippen MR) is 135 cm³/mol. The van der Waals surface area contributed by atoms with Gasteiger partial charge in [0.1, 0.15) is 12.3 Å². The van der Waals surface area contributed by atoms with Crippen molar-refractivity contribution in [2.45, 2.75) is 19.8 Å².